The molecule has 0 aliphatic heterocycles. The van der Waals surface area contributed by atoms with E-state index in [4.69, 9.17) is 4.42 Å². The molecule has 1 N–H and O–H groups in total. The molecule has 4 aromatic rings. The van der Waals surface area contributed by atoms with Gasteiger partial charge in [0.1, 0.15) is 5.76 Å². The van der Waals surface area contributed by atoms with E-state index in [9.17, 15) is 4.79 Å². The van der Waals surface area contributed by atoms with Crippen molar-refractivity contribution in [3.05, 3.63) is 90.4 Å². The van der Waals surface area contributed by atoms with Crippen LogP contribution in [-0.4, -0.2) is 32.6 Å². The molecule has 0 unspecified atom stereocenters. The highest BCUT2D eigenvalue weighted by atomic mass is 32.2. The smallest absolute Gasteiger partial charge is 0.250 e. The Hall–Kier alpha value is -3.91. The Labute approximate surface area is 209 Å². The van der Waals surface area contributed by atoms with Crippen LogP contribution >= 0.6 is 11.8 Å². The van der Waals surface area contributed by atoms with E-state index < -0.39 is 0 Å². The fraction of sp³-hybridized carbons (Fsp3) is 0.185. The molecule has 2 heterocycles. The fourth-order valence-electron chi connectivity index (χ4n) is 3.32. The maximum Gasteiger partial charge on any atom is 0.250 e. The first-order chi connectivity index (χ1) is 16.9. The number of nitrogens with zero attached hydrogens (tertiary/aromatic N) is 4. The van der Waals surface area contributed by atoms with Gasteiger partial charge in [-0.1, -0.05) is 75.0 Å². The highest BCUT2D eigenvalue weighted by molar-refractivity contribution is 7.99. The number of hydrogen-bond donors (Lipinski definition) is 1. The summed E-state index contributed by atoms with van der Waals surface area (Å²) in [4.78, 5) is 12.3. The number of furan rings is 1. The number of hydrazone groups is 1. The van der Waals surface area contributed by atoms with Gasteiger partial charge in [-0.05, 0) is 47.4 Å². The maximum absolute atomic E-state index is 12.3. The summed E-state index contributed by atoms with van der Waals surface area (Å²) < 4.78 is 7.17. The van der Waals surface area contributed by atoms with Crippen LogP contribution in [0, 0.1) is 0 Å². The molecule has 0 spiro atoms. The summed E-state index contributed by atoms with van der Waals surface area (Å²) in [5.74, 6) is 1.34. The number of allylic oxidation sites excluding steroid dienone is 1. The second-order valence-corrected chi connectivity index (χ2v) is 9.72. The second-order valence-electron chi connectivity index (χ2n) is 8.78. The molecular formula is C27H27N5O2S. The lowest BCUT2D eigenvalue weighted by molar-refractivity contribution is -0.118. The molecule has 0 atom stereocenters. The number of nitrogens with one attached hydrogen (secondary N) is 1. The quantitative estimate of drug-likeness (QED) is 0.196. The van der Waals surface area contributed by atoms with Crippen LogP contribution in [0.4, 0.5) is 0 Å². The minimum atomic E-state index is -0.239. The Kier molecular flexibility index (Phi) is 7.62. The zero-order chi connectivity index (χ0) is 24.7. The SMILES string of the molecule is CC(C)(C)c1ccc(-c2nnc(SCC(=O)NN=CC=Cc3ccco3)n2-c2ccccc2)cc1. The molecule has 0 radical (unpaired) electrons. The summed E-state index contributed by atoms with van der Waals surface area (Å²) in [6, 6.07) is 21.9. The average molecular weight is 486 g/mol. The number of aromatic nitrogens is 3. The molecule has 0 bridgehead atoms. The molecular weight excluding hydrogens is 458 g/mol. The number of benzene rings is 2. The third-order valence-electron chi connectivity index (χ3n) is 5.14. The van der Waals surface area contributed by atoms with Crippen LogP contribution in [0.2, 0.25) is 0 Å². The summed E-state index contributed by atoms with van der Waals surface area (Å²) in [5.41, 5.74) is 5.72. The van der Waals surface area contributed by atoms with Crippen LogP contribution in [0.3, 0.4) is 0 Å². The first kappa shape index (κ1) is 24.2. The number of thioether (sulfide) groups is 1. The van der Waals surface area contributed by atoms with Crippen molar-refractivity contribution < 1.29 is 9.21 Å². The van der Waals surface area contributed by atoms with Gasteiger partial charge in [0.25, 0.3) is 5.91 Å². The lowest BCUT2D eigenvalue weighted by atomic mass is 9.87. The molecule has 0 saturated heterocycles. The molecule has 2 aromatic heterocycles. The van der Waals surface area contributed by atoms with Crippen LogP contribution in [0.15, 0.2) is 93.7 Å². The van der Waals surface area contributed by atoms with Crippen LogP contribution < -0.4 is 5.43 Å². The van der Waals surface area contributed by atoms with Crippen molar-refractivity contribution in [2.75, 3.05) is 5.75 Å². The lowest BCUT2D eigenvalue weighted by Crippen LogP contribution is -2.19. The Morgan fingerprint density at radius 1 is 1.06 bits per heavy atom. The van der Waals surface area contributed by atoms with Crippen molar-refractivity contribution in [1.82, 2.24) is 20.2 Å². The van der Waals surface area contributed by atoms with Gasteiger partial charge >= 0.3 is 0 Å². The third kappa shape index (κ3) is 6.36. The third-order valence-corrected chi connectivity index (χ3v) is 6.07. The lowest BCUT2D eigenvalue weighted by Gasteiger charge is -2.19. The van der Waals surface area contributed by atoms with Gasteiger partial charge in [0.15, 0.2) is 11.0 Å². The monoisotopic (exact) mass is 485 g/mol. The number of amides is 1. The first-order valence-corrected chi connectivity index (χ1v) is 12.2. The minimum absolute atomic E-state index is 0.0665. The van der Waals surface area contributed by atoms with E-state index in [2.05, 4.69) is 65.8 Å². The zero-order valence-electron chi connectivity index (χ0n) is 19.9. The van der Waals surface area contributed by atoms with E-state index in [0.717, 1.165) is 17.1 Å². The van der Waals surface area contributed by atoms with Crippen molar-refractivity contribution in [2.24, 2.45) is 5.10 Å². The number of carbonyl (C=O) groups excluding carboxylic acids is 1. The maximum atomic E-state index is 12.3. The summed E-state index contributed by atoms with van der Waals surface area (Å²) in [7, 11) is 0. The van der Waals surface area contributed by atoms with Crippen molar-refractivity contribution in [2.45, 2.75) is 31.3 Å². The predicted octanol–water partition coefficient (Wildman–Crippen LogP) is 5.73. The topological polar surface area (TPSA) is 85.3 Å². The normalized spacial score (nSPS) is 12.0. The van der Waals surface area contributed by atoms with Gasteiger partial charge in [-0.2, -0.15) is 5.10 Å². The highest BCUT2D eigenvalue weighted by Gasteiger charge is 2.18. The Morgan fingerprint density at radius 2 is 1.83 bits per heavy atom. The number of para-hydroxylation sites is 1. The molecule has 0 saturated carbocycles. The Bertz CT molecular complexity index is 1300. The average Bonchev–Trinajstić information content (AvgIpc) is 3.53. The summed E-state index contributed by atoms with van der Waals surface area (Å²) in [6.07, 6.45) is 6.53. The Morgan fingerprint density at radius 3 is 2.51 bits per heavy atom. The molecule has 0 aliphatic rings. The van der Waals surface area contributed by atoms with Gasteiger partial charge in [0, 0.05) is 17.5 Å². The molecule has 8 heteroatoms. The summed E-state index contributed by atoms with van der Waals surface area (Å²) in [6.45, 7) is 6.56. The van der Waals surface area contributed by atoms with E-state index in [0.29, 0.717) is 10.9 Å². The van der Waals surface area contributed by atoms with Crippen LogP contribution in [0.5, 0.6) is 0 Å². The van der Waals surface area contributed by atoms with Gasteiger partial charge < -0.3 is 4.42 Å². The first-order valence-electron chi connectivity index (χ1n) is 11.2. The molecule has 1 amide bonds. The molecule has 2 aromatic carbocycles. The standard InChI is InChI=1S/C27H27N5O2S/c1-27(2,3)21-15-13-20(14-16-21)25-30-31-26(32(25)22-9-5-4-6-10-22)35-19-24(33)29-28-17-7-11-23-12-8-18-34-23/h4-18H,19H2,1-3H3,(H,29,33). The van der Waals surface area contributed by atoms with Gasteiger partial charge in [-0.3, -0.25) is 9.36 Å². The summed E-state index contributed by atoms with van der Waals surface area (Å²) in [5, 5.41) is 13.4. The minimum Gasteiger partial charge on any atom is -0.465 e. The van der Waals surface area contributed by atoms with Crippen molar-refractivity contribution in [1.29, 1.82) is 0 Å². The van der Waals surface area contributed by atoms with Crippen LogP contribution in [-0.2, 0) is 10.2 Å². The molecule has 0 fully saturated rings. The molecule has 0 aliphatic carbocycles. The van der Waals surface area contributed by atoms with E-state index in [1.165, 1.54) is 23.5 Å². The van der Waals surface area contributed by atoms with Crippen LogP contribution in [0.1, 0.15) is 32.1 Å². The largest absolute Gasteiger partial charge is 0.465 e. The van der Waals surface area contributed by atoms with Crippen molar-refractivity contribution in [3.8, 4) is 17.1 Å². The number of carbonyl (C=O) groups is 1. The van der Waals surface area contributed by atoms with Gasteiger partial charge in [-0.15, -0.1) is 10.2 Å². The molecule has 7 nitrogen and oxygen atoms in total. The highest BCUT2D eigenvalue weighted by Crippen LogP contribution is 2.30. The van der Waals surface area contributed by atoms with Gasteiger partial charge in [-0.25, -0.2) is 5.43 Å². The Balaban J connectivity index is 1.48. The van der Waals surface area contributed by atoms with Gasteiger partial charge in [0.2, 0.25) is 0 Å². The van der Waals surface area contributed by atoms with E-state index >= 15 is 0 Å². The van der Waals surface area contributed by atoms with E-state index in [-0.39, 0.29) is 17.1 Å². The van der Waals surface area contributed by atoms with Crippen molar-refractivity contribution in [3.63, 3.8) is 0 Å². The van der Waals surface area contributed by atoms with Crippen molar-refractivity contribution >= 4 is 30.0 Å². The van der Waals surface area contributed by atoms with E-state index in [1.807, 2.05) is 41.0 Å². The zero-order valence-corrected chi connectivity index (χ0v) is 20.7. The van der Waals surface area contributed by atoms with Crippen LogP contribution in [0.25, 0.3) is 23.2 Å². The second kappa shape index (κ2) is 11.0. The molecule has 35 heavy (non-hydrogen) atoms. The fourth-order valence-corrected chi connectivity index (χ4v) is 4.06. The number of hydrogen-bond acceptors (Lipinski definition) is 6. The van der Waals surface area contributed by atoms with Gasteiger partial charge in [0.05, 0.1) is 12.0 Å². The van der Waals surface area contributed by atoms with E-state index in [1.54, 1.807) is 24.5 Å². The number of rotatable bonds is 8. The summed E-state index contributed by atoms with van der Waals surface area (Å²) >= 11 is 1.31. The molecule has 4 rings (SSSR count). The molecule has 178 valence electrons. The predicted molar refractivity (Wildman–Crippen MR) is 141 cm³/mol.